The summed E-state index contributed by atoms with van der Waals surface area (Å²) in [6.45, 7) is 0.0252. The highest BCUT2D eigenvalue weighted by Gasteiger charge is 2.41. The number of phosphoric acid groups is 2. The van der Waals surface area contributed by atoms with Crippen LogP contribution in [0.1, 0.15) is 56.7 Å². The number of H-pyrrole nitrogens is 1. The van der Waals surface area contributed by atoms with E-state index in [1.165, 1.54) is 13.1 Å². The number of phosphoric ester groups is 2. The van der Waals surface area contributed by atoms with Crippen LogP contribution in [-0.4, -0.2) is 94.0 Å². The maximum absolute atomic E-state index is 12.7. The summed E-state index contributed by atoms with van der Waals surface area (Å²) >= 11 is 0. The first kappa shape index (κ1) is 36.6. The van der Waals surface area contributed by atoms with Crippen LogP contribution in [0.15, 0.2) is 27.9 Å². The standard InChI is InChI=1S/C26H41N3O15P2/c1-17-14-29(25(32)28-24(17)31)23-13-19(30)21(43-23)15-41-46(36,37)44-20-9-11-38-22(20)16-40-45(34,35)39-12-10-27-26(33)42-18-7-5-3-2-4-6-8-18/h2-3,14,18-23,30H,4-13,15-16H2,1H3,(H,27,33)(H,34,35)(H,36,37)(H,28,31,32)/b3-2+/t18?,19?,20?,21-,22-,23-/m1/s1. The van der Waals surface area contributed by atoms with Crippen LogP contribution in [0.4, 0.5) is 4.79 Å². The zero-order valence-electron chi connectivity index (χ0n) is 25.3. The van der Waals surface area contributed by atoms with E-state index in [0.717, 1.165) is 30.3 Å². The minimum Gasteiger partial charge on any atom is -0.446 e. The molecule has 2 fully saturated rings. The van der Waals surface area contributed by atoms with E-state index in [1.807, 2.05) is 0 Å². The molecule has 0 bridgehead atoms. The molecule has 20 heteroatoms. The number of hydrogen-bond acceptors (Lipinski definition) is 13. The highest BCUT2D eigenvalue weighted by molar-refractivity contribution is 7.47. The van der Waals surface area contributed by atoms with Gasteiger partial charge in [-0.3, -0.25) is 32.4 Å². The average Bonchev–Trinajstić information content (AvgIpc) is 3.57. The quantitative estimate of drug-likeness (QED) is 0.105. The first-order chi connectivity index (χ1) is 21.8. The molecular formula is C26H41N3O15P2. The number of aromatic nitrogens is 2. The van der Waals surface area contributed by atoms with Crippen LogP contribution >= 0.6 is 15.6 Å². The molecule has 8 atom stereocenters. The van der Waals surface area contributed by atoms with Crippen molar-refractivity contribution in [2.75, 3.05) is 33.0 Å². The highest BCUT2D eigenvalue weighted by atomic mass is 31.2. The Morgan fingerprint density at radius 2 is 1.80 bits per heavy atom. The van der Waals surface area contributed by atoms with Crippen LogP contribution in [0.3, 0.4) is 0 Å². The maximum Gasteiger partial charge on any atom is 0.472 e. The third-order valence-electron chi connectivity index (χ3n) is 7.50. The van der Waals surface area contributed by atoms with E-state index >= 15 is 0 Å². The first-order valence-corrected chi connectivity index (χ1v) is 18.0. The first-order valence-electron chi connectivity index (χ1n) is 15.0. The van der Waals surface area contributed by atoms with E-state index in [9.17, 15) is 38.4 Å². The minimum absolute atomic E-state index is 0.0478. The fraction of sp³-hybridized carbons (Fsp3) is 0.731. The third-order valence-corrected chi connectivity index (χ3v) is 9.50. The summed E-state index contributed by atoms with van der Waals surface area (Å²) in [6, 6.07) is 0. The SMILES string of the molecule is Cc1cn([C@H]2CC(O)[C@@H](COP(=O)(O)OC3CCO[C@@H]3COP(=O)(O)OCCNC(=O)OC3CC/C=C/CCC3)O2)c(=O)[nH]c1=O. The smallest absolute Gasteiger partial charge is 0.446 e. The number of aromatic amines is 1. The molecule has 0 spiro atoms. The summed E-state index contributed by atoms with van der Waals surface area (Å²) < 4.78 is 62.6. The van der Waals surface area contributed by atoms with Gasteiger partial charge in [0.2, 0.25) is 0 Å². The van der Waals surface area contributed by atoms with Crippen LogP contribution in [0.2, 0.25) is 0 Å². The van der Waals surface area contributed by atoms with Crippen molar-refractivity contribution in [3.05, 3.63) is 44.8 Å². The van der Waals surface area contributed by atoms with Gasteiger partial charge in [-0.2, -0.15) is 0 Å². The van der Waals surface area contributed by atoms with Gasteiger partial charge in [0, 0.05) is 37.8 Å². The molecule has 46 heavy (non-hydrogen) atoms. The summed E-state index contributed by atoms with van der Waals surface area (Å²) in [7, 11) is -9.34. The number of ether oxygens (including phenoxy) is 3. The Labute approximate surface area is 264 Å². The number of hydrogen-bond donors (Lipinski definition) is 5. The number of alkyl carbamates (subject to hydrolysis) is 1. The molecule has 1 aliphatic carbocycles. The van der Waals surface area contributed by atoms with Crippen LogP contribution < -0.4 is 16.6 Å². The van der Waals surface area contributed by atoms with E-state index < -0.39 is 76.8 Å². The molecule has 260 valence electrons. The molecule has 2 aliphatic heterocycles. The molecule has 4 rings (SSSR count). The predicted molar refractivity (Wildman–Crippen MR) is 158 cm³/mol. The summed E-state index contributed by atoms with van der Waals surface area (Å²) in [6.07, 6.45) is 3.51. The topological polar surface area (TPSA) is 243 Å². The van der Waals surface area contributed by atoms with Crippen molar-refractivity contribution in [1.82, 2.24) is 14.9 Å². The lowest BCUT2D eigenvalue weighted by atomic mass is 10.0. The van der Waals surface area contributed by atoms with Gasteiger partial charge in [0.05, 0.1) is 25.9 Å². The van der Waals surface area contributed by atoms with Gasteiger partial charge >= 0.3 is 27.4 Å². The number of rotatable bonds is 14. The largest absolute Gasteiger partial charge is 0.472 e. The van der Waals surface area contributed by atoms with Gasteiger partial charge in [0.15, 0.2) is 0 Å². The maximum atomic E-state index is 12.7. The molecule has 1 aromatic rings. The van der Waals surface area contributed by atoms with E-state index in [1.54, 1.807) is 0 Å². The fourth-order valence-corrected chi connectivity index (χ4v) is 6.78. The van der Waals surface area contributed by atoms with Gasteiger partial charge in [-0.15, -0.1) is 0 Å². The summed E-state index contributed by atoms with van der Waals surface area (Å²) in [5.74, 6) is 0. The number of nitrogens with zero attached hydrogens (tertiary/aromatic N) is 1. The Balaban J connectivity index is 1.16. The van der Waals surface area contributed by atoms with Crippen molar-refractivity contribution < 1.29 is 61.1 Å². The van der Waals surface area contributed by atoms with E-state index in [0.29, 0.717) is 6.42 Å². The van der Waals surface area contributed by atoms with Gasteiger partial charge in [-0.1, -0.05) is 12.2 Å². The van der Waals surface area contributed by atoms with Crippen molar-refractivity contribution in [3.8, 4) is 0 Å². The van der Waals surface area contributed by atoms with Gasteiger partial charge in [-0.25, -0.2) is 18.7 Å². The number of aliphatic hydroxyl groups excluding tert-OH is 1. The predicted octanol–water partition coefficient (Wildman–Crippen LogP) is 1.53. The van der Waals surface area contributed by atoms with Gasteiger partial charge in [0.1, 0.15) is 30.6 Å². The molecule has 0 radical (unpaired) electrons. The van der Waals surface area contributed by atoms with Crippen LogP contribution in [0.25, 0.3) is 0 Å². The monoisotopic (exact) mass is 697 g/mol. The van der Waals surface area contributed by atoms with Crippen molar-refractivity contribution >= 4 is 21.7 Å². The van der Waals surface area contributed by atoms with Gasteiger partial charge in [0.25, 0.3) is 5.56 Å². The number of carbonyl (C=O) groups is 1. The van der Waals surface area contributed by atoms with Crippen LogP contribution in [-0.2, 0) is 41.4 Å². The molecule has 1 amide bonds. The lowest BCUT2D eigenvalue weighted by molar-refractivity contribution is -0.0512. The van der Waals surface area contributed by atoms with Crippen LogP contribution in [0.5, 0.6) is 0 Å². The molecular weight excluding hydrogens is 656 g/mol. The zero-order valence-corrected chi connectivity index (χ0v) is 27.1. The van der Waals surface area contributed by atoms with Crippen LogP contribution in [0, 0.1) is 6.92 Å². The molecule has 18 nitrogen and oxygen atoms in total. The summed E-state index contributed by atoms with van der Waals surface area (Å²) in [5, 5.41) is 12.8. The molecule has 0 aromatic carbocycles. The zero-order chi connectivity index (χ0) is 33.3. The van der Waals surface area contributed by atoms with E-state index in [2.05, 4.69) is 22.5 Å². The van der Waals surface area contributed by atoms with Gasteiger partial charge in [-0.05, 0) is 39.0 Å². The molecule has 3 heterocycles. The molecule has 2 saturated heterocycles. The van der Waals surface area contributed by atoms with Crippen molar-refractivity contribution in [2.45, 2.75) is 88.6 Å². The third kappa shape index (κ3) is 11.2. The average molecular weight is 698 g/mol. The Kier molecular flexibility index (Phi) is 13.3. The van der Waals surface area contributed by atoms with Crippen molar-refractivity contribution in [3.63, 3.8) is 0 Å². The Morgan fingerprint density at radius 3 is 2.61 bits per heavy atom. The Hall–Kier alpha value is -2.21. The fourth-order valence-electron chi connectivity index (χ4n) is 5.07. The highest BCUT2D eigenvalue weighted by Crippen LogP contribution is 2.48. The normalized spacial score (nSPS) is 30.1. The van der Waals surface area contributed by atoms with Crippen molar-refractivity contribution in [1.29, 1.82) is 0 Å². The molecule has 5 N–H and O–H groups in total. The second kappa shape index (κ2) is 16.8. The minimum atomic E-state index is -4.75. The summed E-state index contributed by atoms with van der Waals surface area (Å²) in [5.41, 5.74) is -1.05. The molecule has 5 unspecified atom stereocenters. The molecule has 3 aliphatic rings. The lowest BCUT2D eigenvalue weighted by Gasteiger charge is -2.23. The Morgan fingerprint density at radius 1 is 1.07 bits per heavy atom. The van der Waals surface area contributed by atoms with Crippen molar-refractivity contribution in [2.24, 2.45) is 0 Å². The number of allylic oxidation sites excluding steroid dienone is 2. The van der Waals surface area contributed by atoms with E-state index in [-0.39, 0.29) is 44.3 Å². The second-order valence-corrected chi connectivity index (χ2v) is 13.9. The Bertz CT molecular complexity index is 1420. The number of nitrogens with one attached hydrogen (secondary N) is 2. The summed E-state index contributed by atoms with van der Waals surface area (Å²) in [4.78, 5) is 58.2. The van der Waals surface area contributed by atoms with E-state index in [4.69, 9.17) is 32.3 Å². The second-order valence-electron chi connectivity index (χ2n) is 11.0. The molecule has 1 aromatic heterocycles. The van der Waals surface area contributed by atoms with Gasteiger partial charge < -0.3 is 34.4 Å². The number of amides is 1. The lowest BCUT2D eigenvalue weighted by Crippen LogP contribution is -2.33. The number of aliphatic hydroxyl groups is 1. The number of carbonyl (C=O) groups excluding carboxylic acids is 1. The number of aryl methyl sites for hydroxylation is 1. The molecule has 0 saturated carbocycles.